The molecule has 208 valence electrons. The predicted octanol–water partition coefficient (Wildman–Crippen LogP) is 2.37. The maximum atomic E-state index is 15.2. The van der Waals surface area contributed by atoms with Gasteiger partial charge in [0.2, 0.25) is 5.95 Å². The minimum atomic E-state index is -0.677. The second kappa shape index (κ2) is 9.83. The Morgan fingerprint density at radius 1 is 1.18 bits per heavy atom. The third-order valence-electron chi connectivity index (χ3n) is 7.69. The predicted molar refractivity (Wildman–Crippen MR) is 138 cm³/mol. The zero-order chi connectivity index (χ0) is 27.3. The first kappa shape index (κ1) is 25.6. The summed E-state index contributed by atoms with van der Waals surface area (Å²) in [5, 5.41) is 13.7. The van der Waals surface area contributed by atoms with Gasteiger partial charge in [0, 0.05) is 30.7 Å². The molecule has 0 bridgehead atoms. The molecule has 3 fully saturated rings. The first-order valence-corrected chi connectivity index (χ1v) is 13.1. The molecule has 3 saturated heterocycles. The summed E-state index contributed by atoms with van der Waals surface area (Å²) in [4.78, 5) is 23.4. The van der Waals surface area contributed by atoms with Crippen molar-refractivity contribution in [1.29, 1.82) is 0 Å². The van der Waals surface area contributed by atoms with Gasteiger partial charge in [0.1, 0.15) is 17.5 Å². The van der Waals surface area contributed by atoms with Crippen molar-refractivity contribution in [2.75, 3.05) is 30.4 Å². The van der Waals surface area contributed by atoms with E-state index < -0.39 is 17.3 Å². The van der Waals surface area contributed by atoms with Crippen molar-refractivity contribution in [2.45, 2.75) is 63.3 Å². The van der Waals surface area contributed by atoms with Gasteiger partial charge in [0.15, 0.2) is 17.5 Å². The molecule has 39 heavy (non-hydrogen) atoms. The fraction of sp³-hybridized carbons (Fsp3) is 0.560. The summed E-state index contributed by atoms with van der Waals surface area (Å²) in [6.07, 6.45) is 4.81. The van der Waals surface area contributed by atoms with Gasteiger partial charge in [-0.2, -0.15) is 14.3 Å². The van der Waals surface area contributed by atoms with Crippen LogP contribution in [0.5, 0.6) is 5.75 Å². The van der Waals surface area contributed by atoms with Gasteiger partial charge in [0.05, 0.1) is 25.1 Å². The molecule has 0 amide bonds. The van der Waals surface area contributed by atoms with E-state index in [1.165, 1.54) is 19.5 Å². The monoisotopic (exact) mass is 543 g/mol. The number of ether oxygens (including phenoxy) is 2. The summed E-state index contributed by atoms with van der Waals surface area (Å²) in [5.74, 6) is -1.11. The van der Waals surface area contributed by atoms with Gasteiger partial charge in [0.25, 0.3) is 0 Å². The maximum Gasteiger partial charge on any atom is 0.368 e. The minimum absolute atomic E-state index is 0.00492. The zero-order valence-electron chi connectivity index (χ0n) is 22.0. The molecule has 3 aromatic rings. The molecule has 2 N–H and O–H groups in total. The van der Waals surface area contributed by atoms with Crippen LogP contribution < -0.4 is 21.1 Å². The number of aromatic nitrogens is 6. The SMILES string of the molecule is Cn1nnn(-c2cc(Nc3ncc(F)c(NC4CC5CCCN5C(C)(C)C4)n3)c(F)cc2OC2COC2)c1=O. The molecule has 1 aromatic carbocycles. The van der Waals surface area contributed by atoms with Gasteiger partial charge in [-0.15, -0.1) is 0 Å². The van der Waals surface area contributed by atoms with Crippen molar-refractivity contribution in [3.8, 4) is 11.4 Å². The number of fused-ring (bicyclic) bond motifs is 1. The summed E-state index contributed by atoms with van der Waals surface area (Å²) in [6, 6.07) is 3.00. The molecule has 0 spiro atoms. The van der Waals surface area contributed by atoms with Gasteiger partial charge < -0.3 is 20.1 Å². The highest BCUT2D eigenvalue weighted by Crippen LogP contribution is 2.39. The molecule has 3 aliphatic heterocycles. The summed E-state index contributed by atoms with van der Waals surface area (Å²) < 4.78 is 43.0. The van der Waals surface area contributed by atoms with Crippen molar-refractivity contribution >= 4 is 17.5 Å². The van der Waals surface area contributed by atoms with E-state index in [2.05, 4.69) is 49.8 Å². The van der Waals surface area contributed by atoms with Gasteiger partial charge in [-0.05, 0) is 62.6 Å². The Morgan fingerprint density at radius 2 is 2.00 bits per heavy atom. The third kappa shape index (κ3) is 4.93. The van der Waals surface area contributed by atoms with Crippen LogP contribution in [0.2, 0.25) is 0 Å². The van der Waals surface area contributed by atoms with Crippen LogP contribution in [0.4, 0.5) is 26.2 Å². The highest BCUT2D eigenvalue weighted by Gasteiger charge is 2.43. The molecule has 6 rings (SSSR count). The van der Waals surface area contributed by atoms with Crippen LogP contribution in [0.25, 0.3) is 5.69 Å². The van der Waals surface area contributed by atoms with E-state index in [1.807, 2.05) is 0 Å². The number of halogens is 2. The number of hydrogen-bond donors (Lipinski definition) is 2. The van der Waals surface area contributed by atoms with E-state index in [4.69, 9.17) is 9.47 Å². The lowest BCUT2D eigenvalue weighted by Crippen LogP contribution is -2.55. The Balaban J connectivity index is 1.27. The highest BCUT2D eigenvalue weighted by molar-refractivity contribution is 5.63. The summed E-state index contributed by atoms with van der Waals surface area (Å²) >= 11 is 0. The fourth-order valence-electron chi connectivity index (χ4n) is 5.79. The number of tetrazole rings is 1. The van der Waals surface area contributed by atoms with Crippen molar-refractivity contribution in [1.82, 2.24) is 34.7 Å². The van der Waals surface area contributed by atoms with Gasteiger partial charge in [-0.25, -0.2) is 18.6 Å². The summed E-state index contributed by atoms with van der Waals surface area (Å²) in [6.45, 7) is 6.24. The molecule has 5 heterocycles. The second-order valence-electron chi connectivity index (χ2n) is 11.0. The van der Waals surface area contributed by atoms with Gasteiger partial charge in [-0.1, -0.05) is 0 Å². The Hall–Kier alpha value is -3.65. The second-order valence-corrected chi connectivity index (χ2v) is 11.0. The largest absolute Gasteiger partial charge is 0.483 e. The van der Waals surface area contributed by atoms with E-state index >= 15 is 4.39 Å². The number of hydrogen-bond acceptors (Lipinski definition) is 10. The molecular weight excluding hydrogens is 512 g/mol. The van der Waals surface area contributed by atoms with E-state index in [0.29, 0.717) is 19.3 Å². The Bertz CT molecular complexity index is 1440. The molecule has 2 atom stereocenters. The van der Waals surface area contributed by atoms with Crippen molar-refractivity contribution in [2.24, 2.45) is 7.05 Å². The molecule has 2 unspecified atom stereocenters. The molecule has 2 aromatic heterocycles. The number of aryl methyl sites for hydroxylation is 1. The van der Waals surface area contributed by atoms with Crippen LogP contribution in [0.3, 0.4) is 0 Å². The lowest BCUT2D eigenvalue weighted by Gasteiger charge is -2.47. The Kier molecular flexibility index (Phi) is 6.46. The van der Waals surface area contributed by atoms with Gasteiger partial charge in [-0.3, -0.25) is 4.90 Å². The average molecular weight is 544 g/mol. The van der Waals surface area contributed by atoms with Crippen LogP contribution in [0.15, 0.2) is 23.1 Å². The van der Waals surface area contributed by atoms with Gasteiger partial charge >= 0.3 is 5.69 Å². The molecule has 0 saturated carbocycles. The Morgan fingerprint density at radius 3 is 2.72 bits per heavy atom. The molecule has 3 aliphatic rings. The zero-order valence-corrected chi connectivity index (χ0v) is 22.0. The average Bonchev–Trinajstić information content (AvgIpc) is 3.47. The quantitative estimate of drug-likeness (QED) is 0.459. The first-order chi connectivity index (χ1) is 18.7. The number of nitrogens with zero attached hydrogens (tertiary/aromatic N) is 7. The first-order valence-electron chi connectivity index (χ1n) is 13.1. The summed E-state index contributed by atoms with van der Waals surface area (Å²) in [7, 11) is 1.45. The van der Waals surface area contributed by atoms with E-state index in [0.717, 1.165) is 47.4 Å². The number of nitrogens with one attached hydrogen (secondary N) is 2. The van der Waals surface area contributed by atoms with Crippen LogP contribution in [0, 0.1) is 11.6 Å². The standard InChI is InChI=1S/C25H31F2N9O3/c1-25(2)10-14(7-15-5-4-6-35(15)25)29-22-18(27)11-28-23(31-22)30-19-9-20(36-24(37)34(3)32-33-36)21(8-17(19)26)39-16-12-38-13-16/h8-9,11,14-16H,4-7,10,12-13H2,1-3H3,(H2,28,29,30,31). The summed E-state index contributed by atoms with van der Waals surface area (Å²) in [5.41, 5.74) is -0.412. The molecule has 0 radical (unpaired) electrons. The molecule has 14 heteroatoms. The van der Waals surface area contributed by atoms with E-state index in [1.54, 1.807) is 0 Å². The smallest absolute Gasteiger partial charge is 0.368 e. The lowest BCUT2D eigenvalue weighted by molar-refractivity contribution is -0.0797. The molecule has 0 aliphatic carbocycles. The lowest BCUT2D eigenvalue weighted by atomic mass is 9.84. The van der Waals surface area contributed by atoms with Crippen molar-refractivity contribution in [3.05, 3.63) is 40.4 Å². The normalized spacial score (nSPS) is 22.8. The van der Waals surface area contributed by atoms with Crippen molar-refractivity contribution in [3.63, 3.8) is 0 Å². The topological polar surface area (TPSA) is 124 Å². The van der Waals surface area contributed by atoms with E-state index in [-0.39, 0.29) is 46.6 Å². The van der Waals surface area contributed by atoms with Crippen LogP contribution >= 0.6 is 0 Å². The fourth-order valence-corrected chi connectivity index (χ4v) is 5.79. The third-order valence-corrected chi connectivity index (χ3v) is 7.69. The maximum absolute atomic E-state index is 15.2. The molecular formula is C25H31F2N9O3. The Labute approximate surface area is 223 Å². The molecule has 12 nitrogen and oxygen atoms in total. The number of anilines is 3. The number of benzene rings is 1. The number of rotatable bonds is 7. The highest BCUT2D eigenvalue weighted by atomic mass is 19.1. The van der Waals surface area contributed by atoms with Crippen molar-refractivity contribution < 1.29 is 18.3 Å². The van der Waals surface area contributed by atoms with E-state index in [9.17, 15) is 9.18 Å². The van der Waals surface area contributed by atoms with Crippen LogP contribution in [-0.2, 0) is 11.8 Å². The number of piperidine rings is 1. The minimum Gasteiger partial charge on any atom is -0.483 e. The van der Waals surface area contributed by atoms with Crippen LogP contribution in [0.1, 0.15) is 39.5 Å². The van der Waals surface area contributed by atoms with Crippen LogP contribution in [-0.4, -0.2) is 78.1 Å².